The predicted molar refractivity (Wildman–Crippen MR) is 56.3 cm³/mol. The van der Waals surface area contributed by atoms with Gasteiger partial charge in [0.05, 0.1) is 5.92 Å². The van der Waals surface area contributed by atoms with Crippen LogP contribution in [0.15, 0.2) is 29.3 Å². The topological polar surface area (TPSA) is 82.0 Å². The maximum atomic E-state index is 11.6. The molecule has 0 saturated carbocycles. The number of hydrogen-bond donors (Lipinski definition) is 2. The summed E-state index contributed by atoms with van der Waals surface area (Å²) in [7, 11) is 0. The SMILES string of the molecule is C=C1N=CC=C(N2CC(C(=O)O)CC2=O)N1. The third-order valence-corrected chi connectivity index (χ3v) is 2.50. The van der Waals surface area contributed by atoms with Crippen molar-refractivity contribution in [2.24, 2.45) is 10.9 Å². The molecule has 0 aromatic carbocycles. The summed E-state index contributed by atoms with van der Waals surface area (Å²) in [6.45, 7) is 3.80. The van der Waals surface area contributed by atoms with Gasteiger partial charge in [0.15, 0.2) is 0 Å². The number of aliphatic carboxylic acids is 1. The summed E-state index contributed by atoms with van der Waals surface area (Å²) in [6, 6.07) is 0. The maximum absolute atomic E-state index is 11.6. The van der Waals surface area contributed by atoms with Crippen molar-refractivity contribution in [2.45, 2.75) is 6.42 Å². The van der Waals surface area contributed by atoms with Crippen molar-refractivity contribution in [1.29, 1.82) is 0 Å². The van der Waals surface area contributed by atoms with Gasteiger partial charge in [-0.2, -0.15) is 0 Å². The lowest BCUT2D eigenvalue weighted by atomic mass is 10.1. The van der Waals surface area contributed by atoms with E-state index in [4.69, 9.17) is 5.11 Å². The fourth-order valence-corrected chi connectivity index (χ4v) is 1.68. The molecule has 0 aromatic rings. The van der Waals surface area contributed by atoms with Crippen molar-refractivity contribution in [2.75, 3.05) is 6.54 Å². The minimum Gasteiger partial charge on any atom is -0.481 e. The second-order valence-corrected chi connectivity index (χ2v) is 3.65. The third kappa shape index (κ3) is 1.81. The first-order chi connectivity index (χ1) is 7.58. The van der Waals surface area contributed by atoms with Gasteiger partial charge in [-0.05, 0) is 6.08 Å². The zero-order chi connectivity index (χ0) is 11.7. The van der Waals surface area contributed by atoms with Crippen LogP contribution in [0.4, 0.5) is 0 Å². The Hall–Kier alpha value is -2.11. The van der Waals surface area contributed by atoms with Crippen LogP contribution in [0.1, 0.15) is 6.42 Å². The second-order valence-electron chi connectivity index (χ2n) is 3.65. The van der Waals surface area contributed by atoms with Crippen LogP contribution in [-0.2, 0) is 9.59 Å². The predicted octanol–water partition coefficient (Wildman–Crippen LogP) is -0.0939. The summed E-state index contributed by atoms with van der Waals surface area (Å²) in [6.07, 6.45) is 3.18. The van der Waals surface area contributed by atoms with Gasteiger partial charge >= 0.3 is 5.97 Å². The van der Waals surface area contributed by atoms with Gasteiger partial charge in [-0.1, -0.05) is 6.58 Å². The molecule has 2 heterocycles. The summed E-state index contributed by atoms with van der Waals surface area (Å²) >= 11 is 0. The van der Waals surface area contributed by atoms with Gasteiger partial charge in [0.25, 0.3) is 0 Å². The number of carbonyl (C=O) groups is 2. The number of rotatable bonds is 2. The van der Waals surface area contributed by atoms with Crippen LogP contribution in [0.3, 0.4) is 0 Å². The van der Waals surface area contributed by atoms with E-state index in [2.05, 4.69) is 16.9 Å². The van der Waals surface area contributed by atoms with Crippen molar-refractivity contribution < 1.29 is 14.7 Å². The normalized spacial score (nSPS) is 24.4. The Morgan fingerprint density at radius 3 is 3.00 bits per heavy atom. The Bertz CT molecular complexity index is 425. The van der Waals surface area contributed by atoms with Crippen molar-refractivity contribution in [1.82, 2.24) is 10.2 Å². The van der Waals surface area contributed by atoms with E-state index in [-0.39, 0.29) is 18.9 Å². The number of aliphatic imine (C=N–C) groups is 1. The number of carboxylic acid groups (broad SMARTS) is 1. The number of nitrogens with one attached hydrogen (secondary N) is 1. The van der Waals surface area contributed by atoms with Crippen molar-refractivity contribution >= 4 is 18.1 Å². The summed E-state index contributed by atoms with van der Waals surface area (Å²) < 4.78 is 0. The van der Waals surface area contributed by atoms with E-state index in [0.29, 0.717) is 11.6 Å². The maximum Gasteiger partial charge on any atom is 0.308 e. The van der Waals surface area contributed by atoms with Crippen LogP contribution in [0, 0.1) is 5.92 Å². The summed E-state index contributed by atoms with van der Waals surface area (Å²) in [4.78, 5) is 27.7. The molecule has 2 aliphatic rings. The fraction of sp³-hybridized carbons (Fsp3) is 0.300. The van der Waals surface area contributed by atoms with Crippen LogP contribution in [0.25, 0.3) is 0 Å². The number of carbonyl (C=O) groups excluding carboxylic acids is 1. The van der Waals surface area contributed by atoms with E-state index in [0.717, 1.165) is 0 Å². The fourth-order valence-electron chi connectivity index (χ4n) is 1.68. The summed E-state index contributed by atoms with van der Waals surface area (Å²) in [5, 5.41) is 11.7. The average molecular weight is 221 g/mol. The molecule has 1 saturated heterocycles. The molecule has 0 aromatic heterocycles. The molecule has 1 atom stereocenters. The molecule has 2 N–H and O–H groups in total. The molecule has 16 heavy (non-hydrogen) atoms. The first-order valence-electron chi connectivity index (χ1n) is 4.81. The van der Waals surface area contributed by atoms with Gasteiger partial charge in [-0.15, -0.1) is 0 Å². The lowest BCUT2D eigenvalue weighted by molar-refractivity contribution is -0.141. The Labute approximate surface area is 92.0 Å². The minimum atomic E-state index is -0.945. The molecule has 6 nitrogen and oxygen atoms in total. The van der Waals surface area contributed by atoms with Crippen LogP contribution in [0.2, 0.25) is 0 Å². The first-order valence-corrected chi connectivity index (χ1v) is 4.81. The van der Waals surface area contributed by atoms with Crippen LogP contribution < -0.4 is 5.32 Å². The Balaban J connectivity index is 2.14. The molecule has 0 spiro atoms. The highest BCUT2D eigenvalue weighted by Gasteiger charge is 2.36. The monoisotopic (exact) mass is 221 g/mol. The molecule has 2 aliphatic heterocycles. The van der Waals surface area contributed by atoms with Crippen LogP contribution in [-0.4, -0.2) is 34.6 Å². The first kappa shape index (κ1) is 10.4. The average Bonchev–Trinajstić information content (AvgIpc) is 2.60. The Kier molecular flexibility index (Phi) is 2.47. The molecule has 1 unspecified atom stereocenters. The number of amides is 1. The number of likely N-dealkylation sites (tertiary alicyclic amines) is 1. The van der Waals surface area contributed by atoms with Crippen molar-refractivity contribution in [3.05, 3.63) is 24.3 Å². The minimum absolute atomic E-state index is 0.0397. The highest BCUT2D eigenvalue weighted by atomic mass is 16.4. The molecular formula is C10H11N3O3. The van der Waals surface area contributed by atoms with Crippen molar-refractivity contribution in [3.8, 4) is 0 Å². The molecule has 1 fully saturated rings. The van der Waals surface area contributed by atoms with Crippen LogP contribution >= 0.6 is 0 Å². The van der Waals surface area contributed by atoms with E-state index in [1.54, 1.807) is 6.08 Å². The second kappa shape index (κ2) is 3.80. The van der Waals surface area contributed by atoms with E-state index in [1.807, 2.05) is 0 Å². The standard InChI is InChI=1S/C10H11N3O3/c1-6-11-3-2-8(12-6)13-5-7(10(15)16)4-9(13)14/h2-3,7,12H,1,4-5H2,(H,15,16). The number of hydrogen-bond acceptors (Lipinski definition) is 4. The molecule has 1 amide bonds. The molecule has 6 heteroatoms. The van der Waals surface area contributed by atoms with Gasteiger partial charge < -0.3 is 10.4 Å². The Morgan fingerprint density at radius 1 is 1.69 bits per heavy atom. The van der Waals surface area contributed by atoms with Gasteiger partial charge in [0.2, 0.25) is 5.91 Å². The lowest BCUT2D eigenvalue weighted by Gasteiger charge is -2.22. The number of carboxylic acids is 1. The molecule has 0 aliphatic carbocycles. The summed E-state index contributed by atoms with van der Waals surface area (Å²) in [5.41, 5.74) is 0. The third-order valence-electron chi connectivity index (χ3n) is 2.50. The van der Waals surface area contributed by atoms with Gasteiger partial charge in [-0.3, -0.25) is 14.5 Å². The highest BCUT2D eigenvalue weighted by Crippen LogP contribution is 2.22. The largest absolute Gasteiger partial charge is 0.481 e. The van der Waals surface area contributed by atoms with E-state index in [9.17, 15) is 9.59 Å². The smallest absolute Gasteiger partial charge is 0.308 e. The molecule has 0 bridgehead atoms. The van der Waals surface area contributed by atoms with Gasteiger partial charge in [0, 0.05) is 19.2 Å². The van der Waals surface area contributed by atoms with E-state index < -0.39 is 11.9 Å². The molecular weight excluding hydrogens is 210 g/mol. The number of nitrogens with zero attached hydrogens (tertiary/aromatic N) is 2. The van der Waals surface area contributed by atoms with Crippen LogP contribution in [0.5, 0.6) is 0 Å². The van der Waals surface area contributed by atoms with E-state index in [1.165, 1.54) is 11.1 Å². The number of allylic oxidation sites excluding steroid dienone is 1. The van der Waals surface area contributed by atoms with Gasteiger partial charge in [-0.25, -0.2) is 4.99 Å². The zero-order valence-electron chi connectivity index (χ0n) is 8.51. The summed E-state index contributed by atoms with van der Waals surface area (Å²) in [5.74, 6) is -0.811. The molecule has 2 rings (SSSR count). The van der Waals surface area contributed by atoms with Gasteiger partial charge in [0.1, 0.15) is 11.6 Å². The molecule has 84 valence electrons. The zero-order valence-corrected chi connectivity index (χ0v) is 8.51. The quantitative estimate of drug-likeness (QED) is 0.682. The van der Waals surface area contributed by atoms with E-state index >= 15 is 0 Å². The lowest BCUT2D eigenvalue weighted by Crippen LogP contribution is -2.34. The van der Waals surface area contributed by atoms with Crippen molar-refractivity contribution in [3.63, 3.8) is 0 Å². The Morgan fingerprint density at radius 2 is 2.44 bits per heavy atom. The molecule has 0 radical (unpaired) electrons. The highest BCUT2D eigenvalue weighted by molar-refractivity contribution is 5.88.